The summed E-state index contributed by atoms with van der Waals surface area (Å²) in [6, 6.07) is 0.347. The first-order chi connectivity index (χ1) is 8.18. The third-order valence-electron chi connectivity index (χ3n) is 3.00. The number of nitrogens with one attached hydrogen (secondary N) is 2. The van der Waals surface area contributed by atoms with Gasteiger partial charge in [0.2, 0.25) is 5.91 Å². The maximum absolute atomic E-state index is 11.4. The highest BCUT2D eigenvalue weighted by Gasteiger charge is 2.13. The first kappa shape index (κ1) is 14.5. The molecule has 4 heteroatoms. The fourth-order valence-electron chi connectivity index (χ4n) is 2.01. The second kappa shape index (κ2) is 8.48. The minimum absolute atomic E-state index is 0.0472. The molecule has 1 fully saturated rings. The number of hydrogen-bond donors (Lipinski definition) is 2. The van der Waals surface area contributed by atoms with Gasteiger partial charge in [0.05, 0.1) is 19.3 Å². The lowest BCUT2D eigenvalue weighted by atomic mass is 9.98. The van der Waals surface area contributed by atoms with Crippen molar-refractivity contribution in [3.8, 4) is 0 Å². The molecule has 1 aliphatic carbocycles. The number of carbonyl (C=O) groups is 1. The highest BCUT2D eigenvalue weighted by molar-refractivity contribution is 5.77. The molecule has 1 rings (SSSR count). The molecular weight excluding hydrogens is 216 g/mol. The quantitative estimate of drug-likeness (QED) is 0.664. The molecule has 0 aromatic heterocycles. The van der Waals surface area contributed by atoms with Crippen LogP contribution in [0.5, 0.6) is 0 Å². The average molecular weight is 242 g/mol. The van der Waals surface area contributed by atoms with Crippen LogP contribution in [0.15, 0.2) is 0 Å². The zero-order valence-electron chi connectivity index (χ0n) is 11.1. The van der Waals surface area contributed by atoms with Crippen LogP contribution >= 0.6 is 0 Å². The van der Waals surface area contributed by atoms with Gasteiger partial charge in [-0.2, -0.15) is 0 Å². The molecule has 0 saturated heterocycles. The molecule has 0 radical (unpaired) electrons. The zero-order valence-corrected chi connectivity index (χ0v) is 11.1. The molecule has 100 valence electrons. The van der Waals surface area contributed by atoms with Crippen molar-refractivity contribution >= 4 is 5.91 Å². The lowest BCUT2D eigenvalue weighted by molar-refractivity contribution is -0.120. The molecule has 0 aromatic rings. The molecule has 17 heavy (non-hydrogen) atoms. The van der Waals surface area contributed by atoms with Crippen molar-refractivity contribution in [2.75, 3.05) is 19.7 Å². The Hall–Kier alpha value is -0.610. The van der Waals surface area contributed by atoms with Crippen LogP contribution in [0, 0.1) is 0 Å². The monoisotopic (exact) mass is 242 g/mol. The Morgan fingerprint density at radius 1 is 1.29 bits per heavy atom. The van der Waals surface area contributed by atoms with Crippen LogP contribution < -0.4 is 10.6 Å². The van der Waals surface area contributed by atoms with Gasteiger partial charge >= 0.3 is 0 Å². The standard InChI is InChI=1S/C13H26N2O2/c1-11(2)15-10-13(16)14-8-9-17-12-6-4-3-5-7-12/h11-12,15H,3-10H2,1-2H3,(H,14,16). The summed E-state index contributed by atoms with van der Waals surface area (Å²) in [4.78, 5) is 11.4. The van der Waals surface area contributed by atoms with E-state index in [0.29, 0.717) is 31.8 Å². The van der Waals surface area contributed by atoms with Gasteiger partial charge in [0, 0.05) is 12.6 Å². The van der Waals surface area contributed by atoms with E-state index in [4.69, 9.17) is 4.74 Å². The summed E-state index contributed by atoms with van der Waals surface area (Å²) in [5.41, 5.74) is 0. The molecule has 2 N–H and O–H groups in total. The van der Waals surface area contributed by atoms with Gasteiger partial charge < -0.3 is 15.4 Å². The summed E-state index contributed by atoms with van der Waals surface area (Å²) in [5.74, 6) is 0.0472. The fourth-order valence-corrected chi connectivity index (χ4v) is 2.01. The summed E-state index contributed by atoms with van der Waals surface area (Å²) in [6.07, 6.45) is 6.71. The first-order valence-electron chi connectivity index (χ1n) is 6.80. The maximum Gasteiger partial charge on any atom is 0.234 e. The van der Waals surface area contributed by atoms with Crippen molar-refractivity contribution in [1.82, 2.24) is 10.6 Å². The van der Waals surface area contributed by atoms with E-state index < -0.39 is 0 Å². The molecule has 0 atom stereocenters. The van der Waals surface area contributed by atoms with E-state index in [-0.39, 0.29) is 5.91 Å². The predicted octanol–water partition coefficient (Wildman–Crippen LogP) is 1.45. The van der Waals surface area contributed by atoms with Crippen molar-refractivity contribution in [3.63, 3.8) is 0 Å². The Morgan fingerprint density at radius 2 is 2.00 bits per heavy atom. The number of rotatable bonds is 7. The molecule has 1 saturated carbocycles. The van der Waals surface area contributed by atoms with Gasteiger partial charge in [-0.05, 0) is 12.8 Å². The first-order valence-corrected chi connectivity index (χ1v) is 6.80. The highest BCUT2D eigenvalue weighted by Crippen LogP contribution is 2.19. The molecule has 1 amide bonds. The second-order valence-electron chi connectivity index (χ2n) is 5.02. The molecule has 0 heterocycles. The smallest absolute Gasteiger partial charge is 0.234 e. The molecule has 0 aliphatic heterocycles. The van der Waals surface area contributed by atoms with Crippen molar-refractivity contribution in [2.24, 2.45) is 0 Å². The number of ether oxygens (including phenoxy) is 1. The van der Waals surface area contributed by atoms with Crippen molar-refractivity contribution in [1.29, 1.82) is 0 Å². The van der Waals surface area contributed by atoms with E-state index in [1.54, 1.807) is 0 Å². The molecule has 0 unspecified atom stereocenters. The van der Waals surface area contributed by atoms with Gasteiger partial charge in [-0.3, -0.25) is 4.79 Å². The minimum Gasteiger partial charge on any atom is -0.376 e. The van der Waals surface area contributed by atoms with E-state index in [2.05, 4.69) is 10.6 Å². The summed E-state index contributed by atoms with van der Waals surface area (Å²) in [6.45, 7) is 5.70. The normalized spacial score (nSPS) is 17.4. The molecule has 0 bridgehead atoms. The Labute approximate surface area is 104 Å². The lowest BCUT2D eigenvalue weighted by Gasteiger charge is -2.22. The van der Waals surface area contributed by atoms with Gasteiger partial charge in [-0.25, -0.2) is 0 Å². The van der Waals surface area contributed by atoms with Gasteiger partial charge in [0.25, 0.3) is 0 Å². The third-order valence-corrected chi connectivity index (χ3v) is 3.00. The third kappa shape index (κ3) is 7.34. The average Bonchev–Trinajstić information content (AvgIpc) is 2.33. The Balaban J connectivity index is 1.94. The van der Waals surface area contributed by atoms with Crippen LogP contribution in [-0.2, 0) is 9.53 Å². The van der Waals surface area contributed by atoms with Gasteiger partial charge in [0.1, 0.15) is 0 Å². The van der Waals surface area contributed by atoms with Crippen LogP contribution in [-0.4, -0.2) is 37.7 Å². The van der Waals surface area contributed by atoms with Crippen LogP contribution in [0.3, 0.4) is 0 Å². The lowest BCUT2D eigenvalue weighted by Crippen LogP contribution is -2.38. The van der Waals surface area contributed by atoms with Crippen molar-refractivity contribution in [3.05, 3.63) is 0 Å². The fraction of sp³-hybridized carbons (Fsp3) is 0.923. The summed E-state index contributed by atoms with van der Waals surface area (Å²) >= 11 is 0. The molecule has 0 aromatic carbocycles. The topological polar surface area (TPSA) is 50.4 Å². The number of hydrogen-bond acceptors (Lipinski definition) is 3. The van der Waals surface area contributed by atoms with Crippen LogP contribution in [0.2, 0.25) is 0 Å². The van der Waals surface area contributed by atoms with Crippen molar-refractivity contribution in [2.45, 2.75) is 58.1 Å². The molecular formula is C13H26N2O2. The zero-order chi connectivity index (χ0) is 12.5. The number of carbonyl (C=O) groups excluding carboxylic acids is 1. The van der Waals surface area contributed by atoms with Crippen molar-refractivity contribution < 1.29 is 9.53 Å². The number of amides is 1. The Kier molecular flexibility index (Phi) is 7.21. The largest absolute Gasteiger partial charge is 0.376 e. The maximum atomic E-state index is 11.4. The molecule has 4 nitrogen and oxygen atoms in total. The molecule has 1 aliphatic rings. The van der Waals surface area contributed by atoms with Gasteiger partial charge in [-0.15, -0.1) is 0 Å². The van der Waals surface area contributed by atoms with Crippen LogP contribution in [0.25, 0.3) is 0 Å². The summed E-state index contributed by atoms with van der Waals surface area (Å²) in [7, 11) is 0. The van der Waals surface area contributed by atoms with Gasteiger partial charge in [0.15, 0.2) is 0 Å². The Morgan fingerprint density at radius 3 is 2.65 bits per heavy atom. The Bertz CT molecular complexity index is 213. The molecule has 0 spiro atoms. The summed E-state index contributed by atoms with van der Waals surface area (Å²) < 4.78 is 5.72. The van der Waals surface area contributed by atoms with E-state index in [9.17, 15) is 4.79 Å². The minimum atomic E-state index is 0.0472. The summed E-state index contributed by atoms with van der Waals surface area (Å²) in [5, 5.41) is 5.93. The van der Waals surface area contributed by atoms with E-state index in [1.807, 2.05) is 13.8 Å². The van der Waals surface area contributed by atoms with Crippen LogP contribution in [0.1, 0.15) is 46.0 Å². The second-order valence-corrected chi connectivity index (χ2v) is 5.02. The van der Waals surface area contributed by atoms with E-state index in [0.717, 1.165) is 0 Å². The van der Waals surface area contributed by atoms with Gasteiger partial charge in [-0.1, -0.05) is 33.1 Å². The van der Waals surface area contributed by atoms with E-state index >= 15 is 0 Å². The van der Waals surface area contributed by atoms with E-state index in [1.165, 1.54) is 32.1 Å². The van der Waals surface area contributed by atoms with Crippen LogP contribution in [0.4, 0.5) is 0 Å². The highest BCUT2D eigenvalue weighted by atomic mass is 16.5. The SMILES string of the molecule is CC(C)NCC(=O)NCCOC1CCCCC1. The predicted molar refractivity (Wildman–Crippen MR) is 69.0 cm³/mol.